The van der Waals surface area contributed by atoms with Crippen molar-refractivity contribution in [3.05, 3.63) is 64.7 Å². The lowest BCUT2D eigenvalue weighted by molar-refractivity contribution is -0.139. The highest BCUT2D eigenvalue weighted by molar-refractivity contribution is 5.97. The number of carbonyl (C=O) groups is 2. The maximum Gasteiger partial charge on any atom is 0.310 e. The summed E-state index contributed by atoms with van der Waals surface area (Å²) in [5.74, 6) is -0.323. The number of hydrogen-bond acceptors (Lipinski definition) is 4. The van der Waals surface area contributed by atoms with Crippen molar-refractivity contribution in [2.45, 2.75) is 31.7 Å². The number of phenols is 1. The third-order valence-electron chi connectivity index (χ3n) is 4.61. The van der Waals surface area contributed by atoms with Gasteiger partial charge in [-0.15, -0.1) is 0 Å². The lowest BCUT2D eigenvalue weighted by Gasteiger charge is -2.27. The largest absolute Gasteiger partial charge is 0.508 e. The number of hydrogen-bond donors (Lipinski definition) is 2. The number of benzene rings is 2. The van der Waals surface area contributed by atoms with E-state index in [0.29, 0.717) is 11.1 Å². The van der Waals surface area contributed by atoms with E-state index >= 15 is 0 Å². The smallest absolute Gasteiger partial charge is 0.310 e. The maximum atomic E-state index is 12.8. The van der Waals surface area contributed by atoms with E-state index in [1.54, 1.807) is 36.4 Å². The number of phenolic OH excluding ortho intramolecular Hbond substituents is 1. The van der Waals surface area contributed by atoms with Crippen molar-refractivity contribution < 1.29 is 19.4 Å². The van der Waals surface area contributed by atoms with E-state index in [4.69, 9.17) is 4.74 Å². The predicted molar refractivity (Wildman–Crippen MR) is 93.4 cm³/mol. The van der Waals surface area contributed by atoms with Crippen molar-refractivity contribution >= 4 is 11.9 Å². The van der Waals surface area contributed by atoms with Gasteiger partial charge in [-0.25, -0.2) is 0 Å². The van der Waals surface area contributed by atoms with Gasteiger partial charge in [-0.2, -0.15) is 0 Å². The van der Waals surface area contributed by atoms with Crippen LogP contribution in [0.25, 0.3) is 0 Å². The molecule has 0 saturated carbocycles. The molecule has 0 heterocycles. The number of nitrogens with one attached hydrogen (secondary N) is 1. The third kappa shape index (κ3) is 3.65. The third-order valence-corrected chi connectivity index (χ3v) is 4.61. The molecule has 1 aliphatic carbocycles. The lowest BCUT2D eigenvalue weighted by atomic mass is 9.87. The summed E-state index contributed by atoms with van der Waals surface area (Å²) in [4.78, 5) is 24.3. The van der Waals surface area contributed by atoms with E-state index in [9.17, 15) is 14.7 Å². The standard InChI is InChI=1S/C20H21NO4/c1-25-19(23)12-13-6-2-3-7-14(13)20(24)21-17-10-4-9-16-15(17)8-5-11-18(16)22/h2-3,5-8,11,17,22H,4,9-10,12H2,1H3,(H,21,24)/t17-/m1/s1. The number of rotatable bonds is 4. The average molecular weight is 339 g/mol. The summed E-state index contributed by atoms with van der Waals surface area (Å²) < 4.78 is 4.70. The fourth-order valence-corrected chi connectivity index (χ4v) is 3.34. The zero-order valence-corrected chi connectivity index (χ0v) is 14.1. The van der Waals surface area contributed by atoms with Gasteiger partial charge >= 0.3 is 5.97 Å². The molecule has 25 heavy (non-hydrogen) atoms. The molecule has 1 atom stereocenters. The molecule has 5 heteroatoms. The van der Waals surface area contributed by atoms with E-state index < -0.39 is 0 Å². The molecule has 0 saturated heterocycles. The molecular formula is C20H21NO4. The van der Waals surface area contributed by atoms with Crippen LogP contribution in [-0.4, -0.2) is 24.1 Å². The quantitative estimate of drug-likeness (QED) is 0.840. The molecule has 0 aliphatic heterocycles. The van der Waals surface area contributed by atoms with Crippen LogP contribution in [0.2, 0.25) is 0 Å². The number of amides is 1. The Balaban J connectivity index is 1.83. The van der Waals surface area contributed by atoms with Crippen LogP contribution in [0, 0.1) is 0 Å². The summed E-state index contributed by atoms with van der Waals surface area (Å²) in [5, 5.41) is 13.1. The molecule has 5 nitrogen and oxygen atoms in total. The minimum Gasteiger partial charge on any atom is -0.508 e. The Morgan fingerprint density at radius 1 is 1.20 bits per heavy atom. The van der Waals surface area contributed by atoms with Crippen molar-refractivity contribution in [3.8, 4) is 5.75 Å². The van der Waals surface area contributed by atoms with Gasteiger partial charge in [-0.1, -0.05) is 30.3 Å². The van der Waals surface area contributed by atoms with Crippen LogP contribution in [0.1, 0.15) is 45.9 Å². The summed E-state index contributed by atoms with van der Waals surface area (Å²) in [6.07, 6.45) is 2.59. The van der Waals surface area contributed by atoms with Crippen LogP contribution in [0.15, 0.2) is 42.5 Å². The number of ether oxygens (including phenoxy) is 1. The van der Waals surface area contributed by atoms with Crippen molar-refractivity contribution in [2.75, 3.05) is 7.11 Å². The molecule has 130 valence electrons. The Hall–Kier alpha value is -2.82. The number of carbonyl (C=O) groups excluding carboxylic acids is 2. The first-order chi connectivity index (χ1) is 12.1. The maximum absolute atomic E-state index is 12.8. The van der Waals surface area contributed by atoms with Crippen LogP contribution in [0.5, 0.6) is 5.75 Å². The van der Waals surface area contributed by atoms with E-state index in [2.05, 4.69) is 5.32 Å². The molecule has 2 aromatic carbocycles. The summed E-state index contributed by atoms with van der Waals surface area (Å²) in [5.41, 5.74) is 2.98. The van der Waals surface area contributed by atoms with Crippen LogP contribution >= 0.6 is 0 Å². The Kier molecular flexibility index (Phi) is 5.03. The molecule has 1 aliphatic rings. The Morgan fingerprint density at radius 2 is 2.00 bits per heavy atom. The second-order valence-corrected chi connectivity index (χ2v) is 6.17. The van der Waals surface area contributed by atoms with Gasteiger partial charge in [0.15, 0.2) is 0 Å². The molecular weight excluding hydrogens is 318 g/mol. The molecule has 0 aromatic heterocycles. The summed E-state index contributed by atoms with van der Waals surface area (Å²) in [6, 6.07) is 12.3. The van der Waals surface area contributed by atoms with Gasteiger partial charge in [-0.05, 0) is 48.1 Å². The average Bonchev–Trinajstić information content (AvgIpc) is 2.63. The topological polar surface area (TPSA) is 75.6 Å². The van der Waals surface area contributed by atoms with Crippen molar-refractivity contribution in [3.63, 3.8) is 0 Å². The monoisotopic (exact) mass is 339 g/mol. The first-order valence-electron chi connectivity index (χ1n) is 8.36. The minimum atomic E-state index is -0.381. The normalized spacial score (nSPS) is 16.0. The zero-order valence-electron chi connectivity index (χ0n) is 14.1. The summed E-state index contributed by atoms with van der Waals surface area (Å²) in [7, 11) is 1.33. The number of methoxy groups -OCH3 is 1. The molecule has 0 unspecified atom stereocenters. The van der Waals surface area contributed by atoms with Gasteiger partial charge in [0, 0.05) is 5.56 Å². The highest BCUT2D eigenvalue weighted by Gasteiger charge is 2.25. The van der Waals surface area contributed by atoms with E-state index in [-0.39, 0.29) is 30.1 Å². The minimum absolute atomic E-state index is 0.0577. The molecule has 0 bridgehead atoms. The van der Waals surface area contributed by atoms with Gasteiger partial charge in [0.1, 0.15) is 5.75 Å². The second-order valence-electron chi connectivity index (χ2n) is 6.17. The van der Waals surface area contributed by atoms with Crippen molar-refractivity contribution in [1.82, 2.24) is 5.32 Å². The fraction of sp³-hybridized carbons (Fsp3) is 0.300. The van der Waals surface area contributed by atoms with Gasteiger partial charge in [0.2, 0.25) is 0 Å². The predicted octanol–water partition coefficient (Wildman–Crippen LogP) is 2.92. The van der Waals surface area contributed by atoms with Gasteiger partial charge in [-0.3, -0.25) is 9.59 Å². The van der Waals surface area contributed by atoms with Crippen LogP contribution < -0.4 is 5.32 Å². The molecule has 0 radical (unpaired) electrons. The molecule has 3 rings (SSSR count). The molecule has 0 spiro atoms. The van der Waals surface area contributed by atoms with E-state index in [1.807, 2.05) is 6.07 Å². The number of esters is 1. The Bertz CT molecular complexity index is 800. The Morgan fingerprint density at radius 3 is 2.80 bits per heavy atom. The molecule has 2 N–H and O–H groups in total. The first-order valence-corrected chi connectivity index (χ1v) is 8.36. The zero-order chi connectivity index (χ0) is 17.8. The van der Waals surface area contributed by atoms with Gasteiger partial charge < -0.3 is 15.2 Å². The highest BCUT2D eigenvalue weighted by Crippen LogP contribution is 2.34. The molecule has 1 amide bonds. The second kappa shape index (κ2) is 7.38. The van der Waals surface area contributed by atoms with Gasteiger partial charge in [0.25, 0.3) is 5.91 Å². The molecule has 2 aromatic rings. The highest BCUT2D eigenvalue weighted by atomic mass is 16.5. The van der Waals surface area contributed by atoms with Crippen molar-refractivity contribution in [1.29, 1.82) is 0 Å². The van der Waals surface area contributed by atoms with Crippen LogP contribution in [-0.2, 0) is 22.4 Å². The fourth-order valence-electron chi connectivity index (χ4n) is 3.34. The summed E-state index contributed by atoms with van der Waals surface area (Å²) >= 11 is 0. The van der Waals surface area contributed by atoms with Gasteiger partial charge in [0.05, 0.1) is 19.6 Å². The van der Waals surface area contributed by atoms with E-state index in [0.717, 1.165) is 30.4 Å². The first kappa shape index (κ1) is 17.0. The van der Waals surface area contributed by atoms with Crippen molar-refractivity contribution in [2.24, 2.45) is 0 Å². The molecule has 0 fully saturated rings. The Labute approximate surface area is 146 Å². The number of aromatic hydroxyl groups is 1. The number of fused-ring (bicyclic) bond motifs is 1. The van der Waals surface area contributed by atoms with Crippen LogP contribution in [0.4, 0.5) is 0 Å². The van der Waals surface area contributed by atoms with Crippen LogP contribution in [0.3, 0.4) is 0 Å². The summed E-state index contributed by atoms with van der Waals surface area (Å²) in [6.45, 7) is 0. The lowest BCUT2D eigenvalue weighted by Crippen LogP contribution is -2.31. The SMILES string of the molecule is COC(=O)Cc1ccccc1C(=O)N[C@@H]1CCCc2c(O)cccc21. The van der Waals surface area contributed by atoms with E-state index in [1.165, 1.54) is 7.11 Å².